The van der Waals surface area contributed by atoms with Crippen molar-refractivity contribution in [1.29, 1.82) is 0 Å². The minimum Gasteiger partial charge on any atom is -0.508 e. The highest BCUT2D eigenvalue weighted by Crippen LogP contribution is 2.34. The van der Waals surface area contributed by atoms with Gasteiger partial charge in [-0.1, -0.05) is 6.07 Å². The summed E-state index contributed by atoms with van der Waals surface area (Å²) in [5.41, 5.74) is 3.46. The zero-order valence-electron chi connectivity index (χ0n) is 11.5. The van der Waals surface area contributed by atoms with E-state index in [0.717, 1.165) is 24.9 Å². The Kier molecular flexibility index (Phi) is 3.46. The number of aromatic nitrogens is 1. The molecule has 3 rings (SSSR count). The number of aromatic hydroxyl groups is 1. The summed E-state index contributed by atoms with van der Waals surface area (Å²) in [5.74, 6) is 0.933. The summed E-state index contributed by atoms with van der Waals surface area (Å²) in [6, 6.07) is 9.67. The Balaban J connectivity index is 1.83. The van der Waals surface area contributed by atoms with Gasteiger partial charge in [0.25, 0.3) is 0 Å². The average molecular weight is 270 g/mol. The van der Waals surface area contributed by atoms with Crippen molar-refractivity contribution in [2.45, 2.75) is 25.3 Å². The van der Waals surface area contributed by atoms with Crippen LogP contribution >= 0.6 is 0 Å². The molecule has 1 aliphatic carbocycles. The summed E-state index contributed by atoms with van der Waals surface area (Å²) >= 11 is 0. The summed E-state index contributed by atoms with van der Waals surface area (Å²) < 4.78 is 5.06. The fourth-order valence-electron chi connectivity index (χ4n) is 2.72. The first-order chi connectivity index (χ1) is 9.76. The number of benzene rings is 1. The largest absolute Gasteiger partial charge is 0.508 e. The lowest BCUT2D eigenvalue weighted by Crippen LogP contribution is -2.17. The lowest BCUT2D eigenvalue weighted by molar-refractivity contribution is 0.398. The van der Waals surface area contributed by atoms with Crippen molar-refractivity contribution >= 4 is 5.69 Å². The summed E-state index contributed by atoms with van der Waals surface area (Å²) in [4.78, 5) is 4.20. The summed E-state index contributed by atoms with van der Waals surface area (Å²) in [6.07, 6.45) is 5.06. The molecule has 0 amide bonds. The van der Waals surface area contributed by atoms with E-state index in [1.807, 2.05) is 24.3 Å². The molecule has 0 aliphatic heterocycles. The molecule has 1 unspecified atom stereocenters. The molecule has 1 aromatic heterocycles. The fourth-order valence-corrected chi connectivity index (χ4v) is 2.72. The molecule has 0 radical (unpaired) electrons. The molecule has 2 aromatic rings. The molecule has 4 nitrogen and oxygen atoms in total. The minimum atomic E-state index is 0.223. The molecule has 1 heterocycles. The normalized spacial score (nSPS) is 17.4. The number of hydrogen-bond acceptors (Lipinski definition) is 4. The van der Waals surface area contributed by atoms with Crippen molar-refractivity contribution in [1.82, 2.24) is 4.98 Å². The Morgan fingerprint density at radius 2 is 2.20 bits per heavy atom. The van der Waals surface area contributed by atoms with E-state index in [2.05, 4.69) is 10.3 Å². The van der Waals surface area contributed by atoms with Gasteiger partial charge in [-0.2, -0.15) is 0 Å². The Hall–Kier alpha value is -2.23. The highest BCUT2D eigenvalue weighted by atomic mass is 16.5. The Morgan fingerprint density at radius 1 is 1.30 bits per heavy atom. The second-order valence-electron chi connectivity index (χ2n) is 5.06. The molecule has 4 heteroatoms. The number of rotatable bonds is 3. The highest BCUT2D eigenvalue weighted by molar-refractivity contribution is 5.48. The molecule has 0 bridgehead atoms. The first-order valence-corrected chi connectivity index (χ1v) is 6.84. The number of phenols is 1. The minimum absolute atomic E-state index is 0.223. The number of fused-ring (bicyclic) bond motifs is 1. The number of hydrogen-bond donors (Lipinski definition) is 2. The van der Waals surface area contributed by atoms with Crippen molar-refractivity contribution in [3.05, 3.63) is 47.7 Å². The first-order valence-electron chi connectivity index (χ1n) is 6.84. The van der Waals surface area contributed by atoms with Crippen LogP contribution in [0.4, 0.5) is 5.69 Å². The van der Waals surface area contributed by atoms with Crippen LogP contribution in [-0.2, 0) is 6.42 Å². The molecule has 1 aliphatic rings. The van der Waals surface area contributed by atoms with Crippen LogP contribution in [0, 0.1) is 0 Å². The molecule has 0 fully saturated rings. The van der Waals surface area contributed by atoms with Crippen LogP contribution < -0.4 is 10.1 Å². The molecular formula is C16H18N2O2. The molecule has 1 aromatic carbocycles. The molecule has 104 valence electrons. The van der Waals surface area contributed by atoms with Crippen LogP contribution in [0.1, 0.15) is 30.0 Å². The number of anilines is 1. The standard InChI is InChI=1S/C16H18N2O2/c1-20-16-8-6-12(10-17-16)18-15-4-2-3-11-5-7-13(19)9-14(11)15/h5-10,15,18-19H,2-4H2,1H3. The van der Waals surface area contributed by atoms with Crippen LogP contribution in [-0.4, -0.2) is 17.2 Å². The van der Waals surface area contributed by atoms with Crippen molar-refractivity contribution in [2.24, 2.45) is 0 Å². The lowest BCUT2D eigenvalue weighted by Gasteiger charge is -2.27. The van der Waals surface area contributed by atoms with Gasteiger partial charge in [-0.3, -0.25) is 0 Å². The van der Waals surface area contributed by atoms with Gasteiger partial charge in [-0.05, 0) is 48.6 Å². The van der Waals surface area contributed by atoms with Crippen LogP contribution in [0.25, 0.3) is 0 Å². The van der Waals surface area contributed by atoms with Gasteiger partial charge < -0.3 is 15.2 Å². The Labute approximate surface area is 118 Å². The quantitative estimate of drug-likeness (QED) is 0.898. The number of pyridine rings is 1. The third kappa shape index (κ3) is 2.54. The number of methoxy groups -OCH3 is 1. The molecule has 0 spiro atoms. The number of aryl methyl sites for hydroxylation is 1. The zero-order chi connectivity index (χ0) is 13.9. The van der Waals surface area contributed by atoms with E-state index in [4.69, 9.17) is 4.74 Å². The number of nitrogens with zero attached hydrogens (tertiary/aromatic N) is 1. The maximum Gasteiger partial charge on any atom is 0.213 e. The van der Waals surface area contributed by atoms with E-state index < -0.39 is 0 Å². The molecule has 0 saturated carbocycles. The van der Waals surface area contributed by atoms with E-state index in [-0.39, 0.29) is 6.04 Å². The maximum atomic E-state index is 9.68. The van der Waals surface area contributed by atoms with E-state index in [0.29, 0.717) is 11.6 Å². The summed E-state index contributed by atoms with van der Waals surface area (Å²) in [7, 11) is 1.61. The van der Waals surface area contributed by atoms with E-state index >= 15 is 0 Å². The number of phenolic OH excluding ortho intramolecular Hbond substituents is 1. The molecular weight excluding hydrogens is 252 g/mol. The monoisotopic (exact) mass is 270 g/mol. The summed E-state index contributed by atoms with van der Waals surface area (Å²) in [6.45, 7) is 0. The van der Waals surface area contributed by atoms with Crippen LogP contribution in [0.3, 0.4) is 0 Å². The lowest BCUT2D eigenvalue weighted by atomic mass is 9.87. The average Bonchev–Trinajstić information content (AvgIpc) is 2.49. The second-order valence-corrected chi connectivity index (χ2v) is 5.06. The van der Waals surface area contributed by atoms with Gasteiger partial charge >= 0.3 is 0 Å². The van der Waals surface area contributed by atoms with Crippen molar-refractivity contribution < 1.29 is 9.84 Å². The van der Waals surface area contributed by atoms with Gasteiger partial charge in [-0.15, -0.1) is 0 Å². The van der Waals surface area contributed by atoms with Crippen molar-refractivity contribution in [2.75, 3.05) is 12.4 Å². The third-order valence-corrected chi connectivity index (χ3v) is 3.73. The Bertz CT molecular complexity index is 596. The molecule has 2 N–H and O–H groups in total. The maximum absolute atomic E-state index is 9.68. The van der Waals surface area contributed by atoms with Crippen LogP contribution in [0.2, 0.25) is 0 Å². The predicted octanol–water partition coefficient (Wildman–Crippen LogP) is 3.29. The first kappa shape index (κ1) is 12.8. The van der Waals surface area contributed by atoms with Gasteiger partial charge in [0.2, 0.25) is 5.88 Å². The molecule has 0 saturated heterocycles. The van der Waals surface area contributed by atoms with Gasteiger partial charge in [0, 0.05) is 6.07 Å². The Morgan fingerprint density at radius 3 is 2.95 bits per heavy atom. The van der Waals surface area contributed by atoms with Gasteiger partial charge in [-0.25, -0.2) is 4.98 Å². The third-order valence-electron chi connectivity index (χ3n) is 3.73. The topological polar surface area (TPSA) is 54.4 Å². The summed E-state index contributed by atoms with van der Waals surface area (Å²) in [5, 5.41) is 13.2. The fraction of sp³-hybridized carbons (Fsp3) is 0.312. The van der Waals surface area contributed by atoms with Crippen LogP contribution in [0.5, 0.6) is 11.6 Å². The van der Waals surface area contributed by atoms with Gasteiger partial charge in [0.05, 0.1) is 25.0 Å². The van der Waals surface area contributed by atoms with Crippen molar-refractivity contribution in [3.63, 3.8) is 0 Å². The zero-order valence-corrected chi connectivity index (χ0v) is 11.5. The predicted molar refractivity (Wildman–Crippen MR) is 78.2 cm³/mol. The highest BCUT2D eigenvalue weighted by Gasteiger charge is 2.20. The van der Waals surface area contributed by atoms with Crippen molar-refractivity contribution in [3.8, 4) is 11.6 Å². The van der Waals surface area contributed by atoms with Crippen LogP contribution in [0.15, 0.2) is 36.5 Å². The van der Waals surface area contributed by atoms with E-state index in [9.17, 15) is 5.11 Å². The van der Waals surface area contributed by atoms with E-state index in [1.165, 1.54) is 11.1 Å². The number of nitrogens with one attached hydrogen (secondary N) is 1. The number of ether oxygens (including phenoxy) is 1. The molecule has 20 heavy (non-hydrogen) atoms. The van der Waals surface area contributed by atoms with Gasteiger partial charge in [0.1, 0.15) is 5.75 Å². The smallest absolute Gasteiger partial charge is 0.213 e. The second kappa shape index (κ2) is 5.41. The SMILES string of the molecule is COc1ccc(NC2CCCc3ccc(O)cc32)cn1. The molecule has 1 atom stereocenters. The van der Waals surface area contributed by atoms with Gasteiger partial charge in [0.15, 0.2) is 0 Å². The van der Waals surface area contributed by atoms with E-state index in [1.54, 1.807) is 19.4 Å².